The summed E-state index contributed by atoms with van der Waals surface area (Å²) in [6, 6.07) is 8.58. The number of benzene rings is 1. The Kier molecular flexibility index (Phi) is 4.86. The molecular formula is C12H18N2O3S. The Morgan fingerprint density at radius 1 is 1.28 bits per heavy atom. The molecule has 1 rings (SSSR count). The molecule has 1 aromatic carbocycles. The molecule has 0 aliphatic rings. The summed E-state index contributed by atoms with van der Waals surface area (Å²) in [7, 11) is -3.58. The van der Waals surface area contributed by atoms with Crippen LogP contribution in [0.1, 0.15) is 31.9 Å². The number of hydrogen-bond donors (Lipinski definition) is 2. The van der Waals surface area contributed by atoms with E-state index in [-0.39, 0.29) is 6.42 Å². The van der Waals surface area contributed by atoms with Gasteiger partial charge in [0.15, 0.2) is 0 Å². The van der Waals surface area contributed by atoms with Crippen molar-refractivity contribution >= 4 is 15.9 Å². The molecule has 5 nitrogen and oxygen atoms in total. The maximum absolute atomic E-state index is 11.6. The molecule has 0 aliphatic carbocycles. The van der Waals surface area contributed by atoms with Crippen LogP contribution in [0.3, 0.4) is 0 Å². The second kappa shape index (κ2) is 5.97. The zero-order valence-electron chi connectivity index (χ0n) is 10.5. The molecule has 1 atom stereocenters. The zero-order chi connectivity index (χ0) is 13.8. The minimum atomic E-state index is -3.58. The molecule has 1 unspecified atom stereocenters. The van der Waals surface area contributed by atoms with E-state index in [0.29, 0.717) is 0 Å². The molecule has 3 N–H and O–H groups in total. The number of carbonyl (C=O) groups excluding carboxylic acids is 1. The summed E-state index contributed by atoms with van der Waals surface area (Å²) in [4.78, 5) is 11.6. The van der Waals surface area contributed by atoms with Crippen LogP contribution in [0, 0.1) is 0 Å². The third-order valence-electron chi connectivity index (χ3n) is 2.51. The maximum atomic E-state index is 11.6. The predicted molar refractivity (Wildman–Crippen MR) is 70.2 cm³/mol. The Morgan fingerprint density at radius 3 is 2.33 bits per heavy atom. The predicted octanol–water partition coefficient (Wildman–Crippen LogP) is 0.931. The van der Waals surface area contributed by atoms with Crippen molar-refractivity contribution in [2.75, 3.05) is 0 Å². The Balaban J connectivity index is 2.62. The van der Waals surface area contributed by atoms with Crippen molar-refractivity contribution in [1.82, 2.24) is 4.72 Å². The minimum Gasteiger partial charge on any atom is -0.324 e. The normalized spacial score (nSPS) is 13.3. The van der Waals surface area contributed by atoms with Gasteiger partial charge in [0, 0.05) is 12.5 Å². The molecule has 0 saturated carbocycles. The third-order valence-corrected chi connectivity index (χ3v) is 4.26. The maximum Gasteiger partial charge on any atom is 0.237 e. The lowest BCUT2D eigenvalue weighted by atomic mass is 10.1. The van der Waals surface area contributed by atoms with Crippen molar-refractivity contribution in [2.24, 2.45) is 5.73 Å². The SMILES string of the molecule is CC(C)S(=O)(=O)NC(=O)CC(N)c1ccccc1. The van der Waals surface area contributed by atoms with Crippen LogP contribution in [0.2, 0.25) is 0 Å². The van der Waals surface area contributed by atoms with Gasteiger partial charge in [-0.05, 0) is 19.4 Å². The van der Waals surface area contributed by atoms with Gasteiger partial charge in [-0.25, -0.2) is 8.42 Å². The molecule has 0 aromatic heterocycles. The van der Waals surface area contributed by atoms with Crippen LogP contribution in [0.15, 0.2) is 30.3 Å². The molecule has 0 aliphatic heterocycles. The van der Waals surface area contributed by atoms with Gasteiger partial charge in [-0.15, -0.1) is 0 Å². The lowest BCUT2D eigenvalue weighted by Crippen LogP contribution is -2.37. The molecule has 0 spiro atoms. The lowest BCUT2D eigenvalue weighted by Gasteiger charge is -2.13. The highest BCUT2D eigenvalue weighted by Gasteiger charge is 2.20. The van der Waals surface area contributed by atoms with Crippen LogP contribution in [0.5, 0.6) is 0 Å². The Bertz CT molecular complexity index is 497. The van der Waals surface area contributed by atoms with Gasteiger partial charge in [0.1, 0.15) is 0 Å². The molecule has 0 heterocycles. The quantitative estimate of drug-likeness (QED) is 0.833. The first-order chi connectivity index (χ1) is 8.33. The monoisotopic (exact) mass is 270 g/mol. The molecule has 100 valence electrons. The van der Waals surface area contributed by atoms with E-state index in [4.69, 9.17) is 5.73 Å². The molecule has 1 amide bonds. The Morgan fingerprint density at radius 2 is 1.83 bits per heavy atom. The largest absolute Gasteiger partial charge is 0.324 e. The first-order valence-electron chi connectivity index (χ1n) is 5.68. The van der Waals surface area contributed by atoms with E-state index in [1.54, 1.807) is 12.1 Å². The highest BCUT2D eigenvalue weighted by Crippen LogP contribution is 2.13. The van der Waals surface area contributed by atoms with Gasteiger partial charge < -0.3 is 5.73 Å². The van der Waals surface area contributed by atoms with E-state index < -0.39 is 27.2 Å². The van der Waals surface area contributed by atoms with Gasteiger partial charge in [-0.3, -0.25) is 9.52 Å². The lowest BCUT2D eigenvalue weighted by molar-refractivity contribution is -0.119. The first-order valence-corrected chi connectivity index (χ1v) is 7.22. The van der Waals surface area contributed by atoms with E-state index in [9.17, 15) is 13.2 Å². The number of rotatable bonds is 5. The first kappa shape index (κ1) is 14.7. The fraction of sp³-hybridized carbons (Fsp3) is 0.417. The van der Waals surface area contributed by atoms with Crippen LogP contribution >= 0.6 is 0 Å². The van der Waals surface area contributed by atoms with Gasteiger partial charge in [-0.2, -0.15) is 0 Å². The van der Waals surface area contributed by atoms with Crippen molar-refractivity contribution in [1.29, 1.82) is 0 Å². The van der Waals surface area contributed by atoms with Gasteiger partial charge in [-0.1, -0.05) is 30.3 Å². The average Bonchev–Trinajstić information content (AvgIpc) is 2.29. The smallest absolute Gasteiger partial charge is 0.237 e. The van der Waals surface area contributed by atoms with Gasteiger partial charge in [0.25, 0.3) is 0 Å². The highest BCUT2D eigenvalue weighted by atomic mass is 32.2. The molecule has 1 aromatic rings. The second-order valence-electron chi connectivity index (χ2n) is 4.34. The van der Waals surface area contributed by atoms with E-state index in [1.807, 2.05) is 22.9 Å². The second-order valence-corrected chi connectivity index (χ2v) is 6.58. The molecule has 0 fully saturated rings. The number of sulfonamides is 1. The number of amides is 1. The van der Waals surface area contributed by atoms with Gasteiger partial charge >= 0.3 is 0 Å². The van der Waals surface area contributed by atoms with Crippen molar-refractivity contribution < 1.29 is 13.2 Å². The third kappa shape index (κ3) is 4.12. The van der Waals surface area contributed by atoms with Gasteiger partial charge in [0.2, 0.25) is 15.9 Å². The number of nitrogens with two attached hydrogens (primary N) is 1. The van der Waals surface area contributed by atoms with Crippen LogP contribution < -0.4 is 10.5 Å². The summed E-state index contributed by atoms with van der Waals surface area (Å²) in [6.07, 6.45) is -0.0596. The number of carbonyl (C=O) groups is 1. The molecule has 6 heteroatoms. The summed E-state index contributed by atoms with van der Waals surface area (Å²) < 4.78 is 25.0. The molecule has 0 radical (unpaired) electrons. The minimum absolute atomic E-state index is 0.0596. The van der Waals surface area contributed by atoms with Crippen LogP contribution in [-0.2, 0) is 14.8 Å². The number of nitrogens with one attached hydrogen (secondary N) is 1. The average molecular weight is 270 g/mol. The van der Waals surface area contributed by atoms with Crippen LogP contribution in [0.4, 0.5) is 0 Å². The summed E-state index contributed by atoms with van der Waals surface area (Å²) in [5.74, 6) is -0.583. The summed E-state index contributed by atoms with van der Waals surface area (Å²) >= 11 is 0. The molecule has 0 bridgehead atoms. The molecule has 18 heavy (non-hydrogen) atoms. The zero-order valence-corrected chi connectivity index (χ0v) is 11.3. The van der Waals surface area contributed by atoms with E-state index in [1.165, 1.54) is 13.8 Å². The summed E-state index contributed by atoms with van der Waals surface area (Å²) in [5.41, 5.74) is 6.64. The standard InChI is InChI=1S/C12H18N2O3S/c1-9(2)18(16,17)14-12(15)8-11(13)10-6-4-3-5-7-10/h3-7,9,11H,8,13H2,1-2H3,(H,14,15). The fourth-order valence-corrected chi connectivity index (χ4v) is 1.97. The molecule has 0 saturated heterocycles. The van der Waals surface area contributed by atoms with E-state index in [0.717, 1.165) is 5.56 Å². The van der Waals surface area contributed by atoms with Crippen molar-refractivity contribution in [3.63, 3.8) is 0 Å². The van der Waals surface area contributed by atoms with Crippen molar-refractivity contribution in [3.8, 4) is 0 Å². The summed E-state index contributed by atoms with van der Waals surface area (Å²) in [5, 5.41) is -0.644. The van der Waals surface area contributed by atoms with Crippen LogP contribution in [0.25, 0.3) is 0 Å². The van der Waals surface area contributed by atoms with Crippen LogP contribution in [-0.4, -0.2) is 19.6 Å². The highest BCUT2D eigenvalue weighted by molar-refractivity contribution is 7.90. The summed E-state index contributed by atoms with van der Waals surface area (Å²) in [6.45, 7) is 3.01. The van der Waals surface area contributed by atoms with E-state index >= 15 is 0 Å². The Labute approximate surface area is 107 Å². The molecular weight excluding hydrogens is 252 g/mol. The van der Waals surface area contributed by atoms with Crippen molar-refractivity contribution in [2.45, 2.75) is 31.6 Å². The van der Waals surface area contributed by atoms with E-state index in [2.05, 4.69) is 0 Å². The van der Waals surface area contributed by atoms with Gasteiger partial charge in [0.05, 0.1) is 5.25 Å². The number of hydrogen-bond acceptors (Lipinski definition) is 4. The topological polar surface area (TPSA) is 89.3 Å². The van der Waals surface area contributed by atoms with Crippen molar-refractivity contribution in [3.05, 3.63) is 35.9 Å². The fourth-order valence-electron chi connectivity index (χ4n) is 1.34. The Hall–Kier alpha value is -1.40.